The van der Waals surface area contributed by atoms with E-state index >= 15 is 0 Å². The summed E-state index contributed by atoms with van der Waals surface area (Å²) in [4.78, 5) is 10.3. The molecule has 0 spiro atoms. The third-order valence-corrected chi connectivity index (χ3v) is 3.58. The van der Waals surface area contributed by atoms with Gasteiger partial charge in [-0.15, -0.1) is 0 Å². The molecule has 0 aliphatic heterocycles. The third kappa shape index (κ3) is 4.03. The van der Waals surface area contributed by atoms with E-state index in [0.29, 0.717) is 17.2 Å². The Balaban J connectivity index is 1.98. The lowest BCUT2D eigenvalue weighted by Gasteiger charge is -2.06. The van der Waals surface area contributed by atoms with Gasteiger partial charge < -0.3 is 4.74 Å². The van der Waals surface area contributed by atoms with Crippen LogP contribution in [-0.2, 0) is 18.0 Å². The Kier molecular flexibility index (Phi) is 5.11. The van der Waals surface area contributed by atoms with Gasteiger partial charge in [0.05, 0.1) is 18.1 Å². The van der Waals surface area contributed by atoms with Crippen LogP contribution in [0.1, 0.15) is 11.1 Å². The molecule has 0 aliphatic rings. The van der Waals surface area contributed by atoms with E-state index in [1.54, 1.807) is 0 Å². The maximum Gasteiger partial charge on any atom is 0.269 e. The van der Waals surface area contributed by atoms with E-state index in [2.05, 4.69) is 15.9 Å². The lowest BCUT2D eigenvalue weighted by molar-refractivity contribution is -0.384. The fraction of sp³-hybridized carbons (Fsp3) is 0.143. The Morgan fingerprint density at radius 3 is 2.50 bits per heavy atom. The zero-order valence-corrected chi connectivity index (χ0v) is 12.7. The highest BCUT2D eigenvalue weighted by Crippen LogP contribution is 2.23. The van der Waals surface area contributed by atoms with E-state index in [-0.39, 0.29) is 12.3 Å². The largest absolute Gasteiger partial charge is 0.372 e. The standard InChI is InChI=1S/C14H11BrClNO3/c15-12-3-1-10(2-4-12)8-20-9-11-7-13(17(18)19)5-6-14(11)16/h1-7H,8-9H2. The van der Waals surface area contributed by atoms with E-state index in [9.17, 15) is 10.1 Å². The molecule has 2 aromatic rings. The van der Waals surface area contributed by atoms with Crippen molar-refractivity contribution in [2.45, 2.75) is 13.2 Å². The highest BCUT2D eigenvalue weighted by atomic mass is 79.9. The van der Waals surface area contributed by atoms with Gasteiger partial charge in [0.15, 0.2) is 0 Å². The fourth-order valence-electron chi connectivity index (χ4n) is 1.64. The molecule has 4 nitrogen and oxygen atoms in total. The average molecular weight is 357 g/mol. The minimum absolute atomic E-state index is 0.0108. The molecule has 0 saturated carbocycles. The molecule has 6 heteroatoms. The summed E-state index contributed by atoms with van der Waals surface area (Å²) in [5.74, 6) is 0. The summed E-state index contributed by atoms with van der Waals surface area (Å²) in [6.07, 6.45) is 0. The van der Waals surface area contributed by atoms with Gasteiger partial charge in [0, 0.05) is 27.2 Å². The normalized spacial score (nSPS) is 10.5. The first-order chi connectivity index (χ1) is 9.56. The first-order valence-electron chi connectivity index (χ1n) is 5.81. The van der Waals surface area contributed by atoms with Gasteiger partial charge >= 0.3 is 0 Å². The predicted molar refractivity (Wildman–Crippen MR) is 80.7 cm³/mol. The van der Waals surface area contributed by atoms with E-state index in [1.165, 1.54) is 18.2 Å². The Morgan fingerprint density at radius 1 is 1.15 bits per heavy atom. The average Bonchev–Trinajstić information content (AvgIpc) is 2.43. The zero-order chi connectivity index (χ0) is 14.5. The van der Waals surface area contributed by atoms with Gasteiger partial charge in [-0.3, -0.25) is 10.1 Å². The van der Waals surface area contributed by atoms with Gasteiger partial charge in [0.25, 0.3) is 5.69 Å². The zero-order valence-electron chi connectivity index (χ0n) is 10.4. The number of ether oxygens (including phenoxy) is 1. The molecule has 0 aliphatic carbocycles. The van der Waals surface area contributed by atoms with Crippen LogP contribution in [0.5, 0.6) is 0 Å². The summed E-state index contributed by atoms with van der Waals surface area (Å²) in [6.45, 7) is 0.656. The molecule has 0 unspecified atom stereocenters. The summed E-state index contributed by atoms with van der Waals surface area (Å²) in [5, 5.41) is 11.2. The molecule has 2 rings (SSSR count). The van der Waals surface area contributed by atoms with Crippen LogP contribution in [0.25, 0.3) is 0 Å². The number of rotatable bonds is 5. The van der Waals surface area contributed by atoms with Crippen LogP contribution >= 0.6 is 27.5 Å². The molecular weight excluding hydrogens is 346 g/mol. The summed E-state index contributed by atoms with van der Waals surface area (Å²) in [5.41, 5.74) is 1.64. The first-order valence-corrected chi connectivity index (χ1v) is 6.98. The molecule has 0 radical (unpaired) electrons. The molecule has 0 bridgehead atoms. The first kappa shape index (κ1) is 15.0. The number of hydrogen-bond acceptors (Lipinski definition) is 3. The molecule has 0 saturated heterocycles. The van der Waals surface area contributed by atoms with E-state index in [1.807, 2.05) is 24.3 Å². The quantitative estimate of drug-likeness (QED) is 0.575. The second-order valence-electron chi connectivity index (χ2n) is 4.15. The lowest BCUT2D eigenvalue weighted by atomic mass is 10.2. The van der Waals surface area contributed by atoms with Crippen molar-refractivity contribution in [2.75, 3.05) is 0 Å². The molecule has 0 N–H and O–H groups in total. The number of hydrogen-bond donors (Lipinski definition) is 0. The predicted octanol–water partition coefficient (Wildman–Crippen LogP) is 4.73. The van der Waals surface area contributed by atoms with Crippen LogP contribution in [0.4, 0.5) is 5.69 Å². The number of benzene rings is 2. The van der Waals surface area contributed by atoms with E-state index in [4.69, 9.17) is 16.3 Å². The van der Waals surface area contributed by atoms with Crippen LogP contribution in [0.15, 0.2) is 46.9 Å². The second kappa shape index (κ2) is 6.83. The Hall–Kier alpha value is -1.43. The topological polar surface area (TPSA) is 52.4 Å². The van der Waals surface area contributed by atoms with E-state index < -0.39 is 4.92 Å². The molecule has 0 atom stereocenters. The van der Waals surface area contributed by atoms with Gasteiger partial charge in [0.2, 0.25) is 0 Å². The van der Waals surface area contributed by atoms with Crippen LogP contribution in [0, 0.1) is 10.1 Å². The maximum atomic E-state index is 10.7. The third-order valence-electron chi connectivity index (χ3n) is 2.68. The number of halogens is 2. The van der Waals surface area contributed by atoms with E-state index in [0.717, 1.165) is 10.0 Å². The fourth-order valence-corrected chi connectivity index (χ4v) is 2.08. The Labute approximate surface area is 129 Å². The van der Waals surface area contributed by atoms with Gasteiger partial charge in [-0.25, -0.2) is 0 Å². The number of nitrogens with zero attached hydrogens (tertiary/aromatic N) is 1. The molecule has 2 aromatic carbocycles. The van der Waals surface area contributed by atoms with Gasteiger partial charge in [-0.05, 0) is 23.8 Å². The number of nitro groups is 1. The van der Waals surface area contributed by atoms with Crippen LogP contribution in [0.2, 0.25) is 5.02 Å². The van der Waals surface area contributed by atoms with Crippen molar-refractivity contribution in [3.8, 4) is 0 Å². The summed E-state index contributed by atoms with van der Waals surface area (Å²) >= 11 is 9.35. The van der Waals surface area contributed by atoms with Crippen molar-refractivity contribution in [2.24, 2.45) is 0 Å². The molecular formula is C14H11BrClNO3. The highest BCUT2D eigenvalue weighted by Gasteiger charge is 2.09. The summed E-state index contributed by atoms with van der Waals surface area (Å²) in [6, 6.07) is 12.1. The molecule has 0 fully saturated rings. The van der Waals surface area contributed by atoms with Crippen LogP contribution < -0.4 is 0 Å². The van der Waals surface area contributed by atoms with Crippen molar-refractivity contribution in [3.05, 3.63) is 73.2 Å². The Bertz CT molecular complexity index is 616. The number of nitro benzene ring substituents is 1. The summed E-state index contributed by atoms with van der Waals surface area (Å²) < 4.78 is 6.54. The minimum Gasteiger partial charge on any atom is -0.372 e. The van der Waals surface area contributed by atoms with Crippen LogP contribution in [0.3, 0.4) is 0 Å². The Morgan fingerprint density at radius 2 is 1.85 bits per heavy atom. The smallest absolute Gasteiger partial charge is 0.269 e. The van der Waals surface area contributed by atoms with Crippen molar-refractivity contribution in [1.82, 2.24) is 0 Å². The monoisotopic (exact) mass is 355 g/mol. The van der Waals surface area contributed by atoms with Gasteiger partial charge in [-0.1, -0.05) is 39.7 Å². The maximum absolute atomic E-state index is 10.7. The SMILES string of the molecule is O=[N+]([O-])c1ccc(Cl)c(COCc2ccc(Br)cc2)c1. The molecule has 0 heterocycles. The summed E-state index contributed by atoms with van der Waals surface area (Å²) in [7, 11) is 0. The van der Waals surface area contributed by atoms with Crippen molar-refractivity contribution >= 4 is 33.2 Å². The van der Waals surface area contributed by atoms with Gasteiger partial charge in [0.1, 0.15) is 0 Å². The van der Waals surface area contributed by atoms with Crippen molar-refractivity contribution in [3.63, 3.8) is 0 Å². The van der Waals surface area contributed by atoms with Gasteiger partial charge in [-0.2, -0.15) is 0 Å². The molecule has 104 valence electrons. The van der Waals surface area contributed by atoms with Crippen molar-refractivity contribution < 1.29 is 9.66 Å². The second-order valence-corrected chi connectivity index (χ2v) is 5.47. The van der Waals surface area contributed by atoms with Crippen LogP contribution in [-0.4, -0.2) is 4.92 Å². The molecule has 20 heavy (non-hydrogen) atoms. The lowest BCUT2D eigenvalue weighted by Crippen LogP contribution is -1.96. The molecule has 0 aromatic heterocycles. The number of non-ortho nitro benzene ring substituents is 1. The van der Waals surface area contributed by atoms with Crippen molar-refractivity contribution in [1.29, 1.82) is 0 Å². The molecule has 0 amide bonds. The highest BCUT2D eigenvalue weighted by molar-refractivity contribution is 9.10. The minimum atomic E-state index is -0.450.